The molecule has 0 unspecified atom stereocenters. The third-order valence-corrected chi connectivity index (χ3v) is 4.29. The van der Waals surface area contributed by atoms with E-state index in [9.17, 15) is 0 Å². The number of piperidine rings is 1. The van der Waals surface area contributed by atoms with Crippen LogP contribution in [0.4, 0.5) is 0 Å². The number of hydrogen-bond acceptors (Lipinski definition) is 2. The zero-order valence-electron chi connectivity index (χ0n) is 12.6. The van der Waals surface area contributed by atoms with Gasteiger partial charge in [0.2, 0.25) is 0 Å². The van der Waals surface area contributed by atoms with E-state index in [0.717, 1.165) is 55.6 Å². The van der Waals surface area contributed by atoms with Crippen molar-refractivity contribution in [1.29, 1.82) is 0 Å². The smallest absolute Gasteiger partial charge is 0.166 e. The largest absolute Gasteiger partial charge is 0.363 e. The Labute approximate surface area is 138 Å². The summed E-state index contributed by atoms with van der Waals surface area (Å²) in [5, 5.41) is 8.25. The molecule has 21 heavy (non-hydrogen) atoms. The average molecular weight is 326 g/mol. The Balaban J connectivity index is 1.70. The first-order valence-corrected chi connectivity index (χ1v) is 8.47. The molecule has 1 aromatic carbocycles. The molecule has 1 aliphatic heterocycles. The van der Waals surface area contributed by atoms with Gasteiger partial charge in [0.25, 0.3) is 0 Å². The van der Waals surface area contributed by atoms with Gasteiger partial charge in [-0.25, -0.2) is 0 Å². The van der Waals surface area contributed by atoms with Crippen molar-refractivity contribution < 1.29 is 0 Å². The molecule has 116 valence electrons. The molecule has 0 aliphatic carbocycles. The van der Waals surface area contributed by atoms with Crippen LogP contribution < -0.4 is 10.6 Å². The predicted molar refractivity (Wildman–Crippen MR) is 93.8 cm³/mol. The molecule has 1 aliphatic rings. The highest BCUT2D eigenvalue weighted by Gasteiger charge is 2.19. The van der Waals surface area contributed by atoms with Crippen molar-refractivity contribution in [1.82, 2.24) is 15.5 Å². The predicted octanol–water partition coefficient (Wildman–Crippen LogP) is 3.18. The van der Waals surface area contributed by atoms with Crippen molar-refractivity contribution in [3.8, 4) is 0 Å². The molecule has 5 heteroatoms. The molecule has 0 atom stereocenters. The molecular formula is C16H24ClN3S. The minimum Gasteiger partial charge on any atom is -0.363 e. The van der Waals surface area contributed by atoms with Crippen LogP contribution in [0.25, 0.3) is 0 Å². The lowest BCUT2D eigenvalue weighted by Crippen LogP contribution is -2.47. The van der Waals surface area contributed by atoms with Gasteiger partial charge in [-0.3, -0.25) is 4.90 Å². The molecule has 0 saturated carbocycles. The number of thiocarbonyl (C=S) groups is 1. The zero-order valence-corrected chi connectivity index (χ0v) is 14.1. The van der Waals surface area contributed by atoms with Gasteiger partial charge < -0.3 is 10.6 Å². The van der Waals surface area contributed by atoms with Gasteiger partial charge in [-0.15, -0.1) is 0 Å². The van der Waals surface area contributed by atoms with E-state index in [1.165, 1.54) is 5.56 Å². The molecular weight excluding hydrogens is 302 g/mol. The second kappa shape index (κ2) is 8.57. The van der Waals surface area contributed by atoms with Gasteiger partial charge in [-0.1, -0.05) is 30.7 Å². The molecule has 1 aromatic rings. The lowest BCUT2D eigenvalue weighted by molar-refractivity contribution is 0.199. The second-order valence-corrected chi connectivity index (χ2v) is 6.42. The number of hydrogen-bond donors (Lipinski definition) is 2. The number of nitrogens with one attached hydrogen (secondary N) is 2. The van der Waals surface area contributed by atoms with Crippen molar-refractivity contribution in [2.24, 2.45) is 0 Å². The minimum atomic E-state index is 0.503. The first-order chi connectivity index (χ1) is 10.2. The average Bonchev–Trinajstić information content (AvgIpc) is 2.49. The monoisotopic (exact) mass is 325 g/mol. The number of nitrogens with zero attached hydrogens (tertiary/aromatic N) is 1. The number of benzene rings is 1. The van der Waals surface area contributed by atoms with Crippen molar-refractivity contribution in [3.63, 3.8) is 0 Å². The van der Waals surface area contributed by atoms with E-state index in [1.807, 2.05) is 12.1 Å². The van der Waals surface area contributed by atoms with E-state index in [0.29, 0.717) is 6.04 Å². The van der Waals surface area contributed by atoms with Gasteiger partial charge in [-0.2, -0.15) is 0 Å². The van der Waals surface area contributed by atoms with Gasteiger partial charge in [0.05, 0.1) is 0 Å². The molecule has 0 spiro atoms. The van der Waals surface area contributed by atoms with E-state index in [-0.39, 0.29) is 0 Å². The van der Waals surface area contributed by atoms with Crippen LogP contribution in [0.2, 0.25) is 5.02 Å². The fraction of sp³-hybridized carbons (Fsp3) is 0.562. The third-order valence-electron chi connectivity index (χ3n) is 3.78. The highest BCUT2D eigenvalue weighted by atomic mass is 35.5. The maximum atomic E-state index is 5.92. The van der Waals surface area contributed by atoms with E-state index < -0.39 is 0 Å². The Bertz CT molecular complexity index is 441. The standard InChI is InChI=1S/C16H24ClN3S/c1-2-9-18-16(21)19-15-7-10-20(11-8-15)12-13-3-5-14(17)6-4-13/h3-6,15H,2,7-12H2,1H3,(H2,18,19,21). The molecule has 1 fully saturated rings. The normalized spacial score (nSPS) is 16.7. The first-order valence-electron chi connectivity index (χ1n) is 7.68. The summed E-state index contributed by atoms with van der Waals surface area (Å²) >= 11 is 11.2. The summed E-state index contributed by atoms with van der Waals surface area (Å²) in [5.74, 6) is 0. The SMILES string of the molecule is CCCNC(=S)NC1CCN(Cc2ccc(Cl)cc2)CC1. The summed E-state index contributed by atoms with van der Waals surface area (Å²) in [5.41, 5.74) is 1.32. The molecule has 1 saturated heterocycles. The van der Waals surface area contributed by atoms with Gasteiger partial charge in [0, 0.05) is 37.2 Å². The molecule has 0 amide bonds. The van der Waals surface area contributed by atoms with Crippen LogP contribution >= 0.6 is 23.8 Å². The maximum absolute atomic E-state index is 5.92. The number of rotatable bonds is 5. The third kappa shape index (κ3) is 5.81. The van der Waals surface area contributed by atoms with Gasteiger partial charge in [0.15, 0.2) is 5.11 Å². The molecule has 0 aromatic heterocycles. The Hall–Kier alpha value is -0.840. The van der Waals surface area contributed by atoms with Gasteiger partial charge in [0.1, 0.15) is 0 Å². The topological polar surface area (TPSA) is 27.3 Å². The zero-order chi connectivity index (χ0) is 15.1. The molecule has 0 bridgehead atoms. The van der Waals surface area contributed by atoms with Crippen LogP contribution in [0.3, 0.4) is 0 Å². The Morgan fingerprint density at radius 3 is 2.57 bits per heavy atom. The number of halogens is 1. The molecule has 1 heterocycles. The van der Waals surface area contributed by atoms with Crippen LogP contribution in [0, 0.1) is 0 Å². The van der Waals surface area contributed by atoms with Crippen LogP contribution in [-0.2, 0) is 6.54 Å². The van der Waals surface area contributed by atoms with E-state index >= 15 is 0 Å². The summed E-state index contributed by atoms with van der Waals surface area (Å²) in [6, 6.07) is 8.64. The van der Waals surface area contributed by atoms with Crippen molar-refractivity contribution >= 4 is 28.9 Å². The van der Waals surface area contributed by atoms with Crippen LogP contribution in [0.5, 0.6) is 0 Å². The summed E-state index contributed by atoms with van der Waals surface area (Å²) < 4.78 is 0. The maximum Gasteiger partial charge on any atom is 0.166 e. The highest BCUT2D eigenvalue weighted by molar-refractivity contribution is 7.80. The van der Waals surface area contributed by atoms with Gasteiger partial charge in [-0.05, 0) is 49.2 Å². The Morgan fingerprint density at radius 1 is 1.29 bits per heavy atom. The van der Waals surface area contributed by atoms with E-state index in [1.54, 1.807) is 0 Å². The Morgan fingerprint density at radius 2 is 1.95 bits per heavy atom. The quantitative estimate of drug-likeness (QED) is 0.813. The Kier molecular flexibility index (Phi) is 6.74. The fourth-order valence-electron chi connectivity index (χ4n) is 2.56. The lowest BCUT2D eigenvalue weighted by Gasteiger charge is -2.33. The van der Waals surface area contributed by atoms with E-state index in [4.69, 9.17) is 23.8 Å². The van der Waals surface area contributed by atoms with Crippen LogP contribution in [-0.4, -0.2) is 35.7 Å². The fourth-order valence-corrected chi connectivity index (χ4v) is 2.95. The van der Waals surface area contributed by atoms with E-state index in [2.05, 4.69) is 34.6 Å². The summed E-state index contributed by atoms with van der Waals surface area (Å²) in [6.45, 7) is 6.31. The van der Waals surface area contributed by atoms with Crippen LogP contribution in [0.1, 0.15) is 31.7 Å². The molecule has 2 rings (SSSR count). The summed E-state index contributed by atoms with van der Waals surface area (Å²) in [7, 11) is 0. The molecule has 0 radical (unpaired) electrons. The first kappa shape index (κ1) is 16.5. The van der Waals surface area contributed by atoms with Crippen LogP contribution in [0.15, 0.2) is 24.3 Å². The van der Waals surface area contributed by atoms with Gasteiger partial charge >= 0.3 is 0 Å². The van der Waals surface area contributed by atoms with Crippen molar-refractivity contribution in [2.45, 2.75) is 38.8 Å². The van der Waals surface area contributed by atoms with Crippen molar-refractivity contribution in [2.75, 3.05) is 19.6 Å². The molecule has 3 nitrogen and oxygen atoms in total. The second-order valence-electron chi connectivity index (χ2n) is 5.58. The lowest BCUT2D eigenvalue weighted by atomic mass is 10.0. The molecule has 2 N–H and O–H groups in total. The van der Waals surface area contributed by atoms with Crippen molar-refractivity contribution in [3.05, 3.63) is 34.9 Å². The minimum absolute atomic E-state index is 0.503. The highest BCUT2D eigenvalue weighted by Crippen LogP contribution is 2.15. The summed E-state index contributed by atoms with van der Waals surface area (Å²) in [6.07, 6.45) is 3.38. The summed E-state index contributed by atoms with van der Waals surface area (Å²) in [4.78, 5) is 2.49. The number of likely N-dealkylation sites (tertiary alicyclic amines) is 1.